The molecule has 11 heteroatoms. The van der Waals surface area contributed by atoms with Crippen LogP contribution < -0.4 is 10.6 Å². The second kappa shape index (κ2) is 9.94. The highest BCUT2D eigenvalue weighted by molar-refractivity contribution is 7.89. The minimum absolute atomic E-state index is 0.0142. The SMILES string of the molecule is O=C(NC(=S)Nc1ccc(S(=O)(=O)N2CCCCCC2)cc1)c1cccc([N+](=O)[O-])c1. The van der Waals surface area contributed by atoms with Gasteiger partial charge in [-0.15, -0.1) is 0 Å². The molecule has 2 aromatic carbocycles. The third-order valence-electron chi connectivity index (χ3n) is 4.86. The van der Waals surface area contributed by atoms with Crippen molar-refractivity contribution in [1.29, 1.82) is 0 Å². The molecule has 2 aromatic rings. The first-order chi connectivity index (χ1) is 14.8. The van der Waals surface area contributed by atoms with Crippen LogP contribution in [-0.4, -0.2) is 41.8 Å². The lowest BCUT2D eigenvalue weighted by Crippen LogP contribution is -2.34. The molecule has 0 saturated carbocycles. The van der Waals surface area contributed by atoms with Gasteiger partial charge < -0.3 is 5.32 Å². The molecule has 1 aliphatic rings. The van der Waals surface area contributed by atoms with E-state index in [0.717, 1.165) is 31.7 Å². The fourth-order valence-electron chi connectivity index (χ4n) is 3.24. The Bertz CT molecular complexity index is 1080. The number of rotatable bonds is 5. The fraction of sp³-hybridized carbons (Fsp3) is 0.300. The number of carbonyl (C=O) groups is 1. The van der Waals surface area contributed by atoms with Crippen molar-refractivity contribution in [2.24, 2.45) is 0 Å². The van der Waals surface area contributed by atoms with Crippen LogP contribution in [0.5, 0.6) is 0 Å². The highest BCUT2D eigenvalue weighted by atomic mass is 32.2. The molecule has 1 fully saturated rings. The van der Waals surface area contributed by atoms with Gasteiger partial charge in [0.25, 0.3) is 11.6 Å². The Morgan fingerprint density at radius 2 is 1.68 bits per heavy atom. The zero-order chi connectivity index (χ0) is 22.4. The van der Waals surface area contributed by atoms with Crippen molar-refractivity contribution >= 4 is 44.6 Å². The molecule has 1 amide bonds. The molecular formula is C20H22N4O5S2. The topological polar surface area (TPSA) is 122 Å². The summed E-state index contributed by atoms with van der Waals surface area (Å²) in [6, 6.07) is 11.4. The number of nitro benzene ring substituents is 1. The largest absolute Gasteiger partial charge is 0.332 e. The van der Waals surface area contributed by atoms with Crippen LogP contribution in [0, 0.1) is 10.1 Å². The van der Waals surface area contributed by atoms with Crippen molar-refractivity contribution in [2.45, 2.75) is 30.6 Å². The maximum absolute atomic E-state index is 12.8. The van der Waals surface area contributed by atoms with E-state index in [2.05, 4.69) is 10.6 Å². The van der Waals surface area contributed by atoms with Gasteiger partial charge in [-0.3, -0.25) is 20.2 Å². The van der Waals surface area contributed by atoms with Crippen LogP contribution >= 0.6 is 12.2 Å². The molecule has 3 rings (SSSR count). The van der Waals surface area contributed by atoms with Gasteiger partial charge >= 0.3 is 0 Å². The van der Waals surface area contributed by atoms with E-state index in [1.807, 2.05) is 0 Å². The summed E-state index contributed by atoms with van der Waals surface area (Å²) in [6.45, 7) is 1.05. The van der Waals surface area contributed by atoms with Crippen molar-refractivity contribution in [3.63, 3.8) is 0 Å². The fourth-order valence-corrected chi connectivity index (χ4v) is 4.97. The molecule has 1 heterocycles. The summed E-state index contributed by atoms with van der Waals surface area (Å²) in [4.78, 5) is 22.7. The number of nitrogens with one attached hydrogen (secondary N) is 2. The van der Waals surface area contributed by atoms with E-state index in [0.29, 0.717) is 18.8 Å². The molecule has 0 unspecified atom stereocenters. The maximum atomic E-state index is 12.8. The Kier molecular flexibility index (Phi) is 7.31. The monoisotopic (exact) mass is 462 g/mol. The molecule has 0 radical (unpaired) electrons. The predicted molar refractivity (Wildman–Crippen MR) is 120 cm³/mol. The van der Waals surface area contributed by atoms with Crippen molar-refractivity contribution in [1.82, 2.24) is 9.62 Å². The number of carbonyl (C=O) groups excluding carboxylic acids is 1. The third kappa shape index (κ3) is 5.84. The number of benzene rings is 2. The van der Waals surface area contributed by atoms with E-state index in [9.17, 15) is 23.3 Å². The molecule has 0 aliphatic carbocycles. The zero-order valence-corrected chi connectivity index (χ0v) is 18.2. The van der Waals surface area contributed by atoms with Crippen molar-refractivity contribution in [3.05, 3.63) is 64.2 Å². The Morgan fingerprint density at radius 3 is 2.29 bits per heavy atom. The van der Waals surface area contributed by atoms with Gasteiger partial charge in [0.1, 0.15) is 0 Å². The number of amides is 1. The molecule has 164 valence electrons. The van der Waals surface area contributed by atoms with Crippen LogP contribution in [0.2, 0.25) is 0 Å². The first-order valence-electron chi connectivity index (χ1n) is 9.74. The van der Waals surface area contributed by atoms with Gasteiger partial charge in [-0.1, -0.05) is 18.9 Å². The summed E-state index contributed by atoms with van der Waals surface area (Å²) < 4.78 is 27.2. The van der Waals surface area contributed by atoms with Gasteiger partial charge in [0.2, 0.25) is 10.0 Å². The van der Waals surface area contributed by atoms with Crippen LogP contribution in [0.15, 0.2) is 53.4 Å². The predicted octanol–water partition coefficient (Wildman–Crippen LogP) is 3.29. The number of sulfonamides is 1. The molecule has 1 aliphatic heterocycles. The lowest BCUT2D eigenvalue weighted by Gasteiger charge is -2.20. The highest BCUT2D eigenvalue weighted by Gasteiger charge is 2.25. The number of nitro groups is 1. The van der Waals surface area contributed by atoms with Crippen molar-refractivity contribution in [3.8, 4) is 0 Å². The van der Waals surface area contributed by atoms with Gasteiger partial charge in [-0.2, -0.15) is 4.31 Å². The summed E-state index contributed by atoms with van der Waals surface area (Å²) in [5.74, 6) is -0.596. The number of thiocarbonyl (C=S) groups is 1. The summed E-state index contributed by atoms with van der Waals surface area (Å²) in [7, 11) is -3.55. The molecule has 9 nitrogen and oxygen atoms in total. The average molecular weight is 463 g/mol. The highest BCUT2D eigenvalue weighted by Crippen LogP contribution is 2.22. The second-order valence-corrected chi connectivity index (χ2v) is 9.40. The van der Waals surface area contributed by atoms with Crippen LogP contribution in [0.25, 0.3) is 0 Å². The molecule has 0 aromatic heterocycles. The Morgan fingerprint density at radius 1 is 1.03 bits per heavy atom. The normalized spacial score (nSPS) is 15.0. The summed E-state index contributed by atoms with van der Waals surface area (Å²) in [6.07, 6.45) is 3.79. The molecule has 0 spiro atoms. The van der Waals surface area contributed by atoms with Gasteiger partial charge in [-0.05, 0) is 55.4 Å². The van der Waals surface area contributed by atoms with Gasteiger partial charge in [0, 0.05) is 36.5 Å². The van der Waals surface area contributed by atoms with E-state index >= 15 is 0 Å². The number of nitrogens with zero attached hydrogens (tertiary/aromatic N) is 2. The second-order valence-electron chi connectivity index (χ2n) is 7.06. The van der Waals surface area contributed by atoms with Gasteiger partial charge in [0.05, 0.1) is 9.82 Å². The van der Waals surface area contributed by atoms with E-state index in [1.54, 1.807) is 12.1 Å². The lowest BCUT2D eigenvalue weighted by molar-refractivity contribution is -0.384. The first kappa shape index (κ1) is 22.8. The van der Waals surface area contributed by atoms with E-state index in [1.165, 1.54) is 34.6 Å². The number of anilines is 1. The quantitative estimate of drug-likeness (QED) is 0.397. The van der Waals surface area contributed by atoms with Crippen molar-refractivity contribution < 1.29 is 18.1 Å². The minimum atomic E-state index is -3.55. The third-order valence-corrected chi connectivity index (χ3v) is 6.98. The molecule has 31 heavy (non-hydrogen) atoms. The van der Waals surface area contributed by atoms with Crippen LogP contribution in [0.1, 0.15) is 36.0 Å². The van der Waals surface area contributed by atoms with Gasteiger partial charge in [-0.25, -0.2) is 8.42 Å². The van der Waals surface area contributed by atoms with Crippen molar-refractivity contribution in [2.75, 3.05) is 18.4 Å². The summed E-state index contributed by atoms with van der Waals surface area (Å²) in [5.41, 5.74) is 0.393. The zero-order valence-electron chi connectivity index (χ0n) is 16.6. The van der Waals surface area contributed by atoms with Crippen LogP contribution in [0.4, 0.5) is 11.4 Å². The van der Waals surface area contributed by atoms with Crippen LogP contribution in [-0.2, 0) is 10.0 Å². The minimum Gasteiger partial charge on any atom is -0.332 e. The summed E-state index contributed by atoms with van der Waals surface area (Å²) in [5, 5.41) is 16.1. The van der Waals surface area contributed by atoms with E-state index in [-0.39, 0.29) is 21.3 Å². The lowest BCUT2D eigenvalue weighted by atomic mass is 10.2. The molecule has 0 atom stereocenters. The average Bonchev–Trinajstić information content (AvgIpc) is 3.04. The van der Waals surface area contributed by atoms with E-state index in [4.69, 9.17) is 12.2 Å². The molecule has 2 N–H and O–H groups in total. The van der Waals surface area contributed by atoms with Gasteiger partial charge in [0.15, 0.2) is 5.11 Å². The standard InChI is InChI=1S/C20H22N4O5S2/c25-19(15-6-5-7-17(14-15)24(26)27)22-20(30)21-16-8-10-18(11-9-16)31(28,29)23-12-3-1-2-4-13-23/h5-11,14H,1-4,12-13H2,(H2,21,22,25,30). The maximum Gasteiger partial charge on any atom is 0.270 e. The summed E-state index contributed by atoms with van der Waals surface area (Å²) >= 11 is 5.12. The smallest absolute Gasteiger partial charge is 0.270 e. The Labute approximate surface area is 185 Å². The molecular weight excluding hydrogens is 440 g/mol. The van der Waals surface area contributed by atoms with Crippen LogP contribution in [0.3, 0.4) is 0 Å². The number of non-ortho nitro benzene ring substituents is 1. The van der Waals surface area contributed by atoms with E-state index < -0.39 is 20.9 Å². The number of hydrogen-bond donors (Lipinski definition) is 2. The number of hydrogen-bond acceptors (Lipinski definition) is 6. The molecule has 1 saturated heterocycles. The first-order valence-corrected chi connectivity index (χ1v) is 11.6. The Balaban J connectivity index is 1.63. The Hall–Kier alpha value is -2.89. The molecule has 0 bridgehead atoms.